The highest BCUT2D eigenvalue weighted by Crippen LogP contribution is 2.23. The van der Waals surface area contributed by atoms with Crippen LogP contribution in [-0.4, -0.2) is 49.6 Å². The average molecular weight is 342 g/mol. The molecular formula is C15H33Cl2N3O. The van der Waals surface area contributed by atoms with Crippen molar-refractivity contribution >= 4 is 30.7 Å². The first-order chi connectivity index (χ1) is 8.86. The number of hydrogen-bond donors (Lipinski definition) is 2. The topological polar surface area (TPSA) is 44.4 Å². The fraction of sp³-hybridized carbons (Fsp3) is 0.933. The van der Waals surface area contributed by atoms with Crippen molar-refractivity contribution in [3.63, 3.8) is 0 Å². The molecular weight excluding hydrogens is 309 g/mol. The number of carbonyl (C=O) groups is 1. The predicted molar refractivity (Wildman–Crippen MR) is 94.6 cm³/mol. The standard InChI is InChI=1S/C15H31N3O.2ClH/c1-12-7-6-8-18(10-12)15(3,4)11-17-14(19)13(2)9-16-5;;/h12-13,16H,6-11H2,1-5H3,(H,17,19);2*1H. The van der Waals surface area contributed by atoms with E-state index in [0.29, 0.717) is 0 Å². The molecule has 2 N–H and O–H groups in total. The van der Waals surface area contributed by atoms with Gasteiger partial charge in [-0.05, 0) is 46.2 Å². The van der Waals surface area contributed by atoms with Crippen LogP contribution in [0.15, 0.2) is 0 Å². The molecule has 0 aromatic rings. The lowest BCUT2D eigenvalue weighted by molar-refractivity contribution is -0.125. The van der Waals surface area contributed by atoms with Gasteiger partial charge in [-0.25, -0.2) is 0 Å². The smallest absolute Gasteiger partial charge is 0.224 e. The third-order valence-electron chi connectivity index (χ3n) is 4.17. The summed E-state index contributed by atoms with van der Waals surface area (Å²) in [7, 11) is 1.88. The monoisotopic (exact) mass is 341 g/mol. The Hall–Kier alpha value is -0.0300. The molecule has 2 atom stereocenters. The number of likely N-dealkylation sites (tertiary alicyclic amines) is 1. The van der Waals surface area contributed by atoms with Gasteiger partial charge in [0.15, 0.2) is 0 Å². The van der Waals surface area contributed by atoms with Crippen molar-refractivity contribution < 1.29 is 4.79 Å². The molecule has 0 aliphatic carbocycles. The van der Waals surface area contributed by atoms with Gasteiger partial charge in [0.2, 0.25) is 5.91 Å². The van der Waals surface area contributed by atoms with E-state index in [2.05, 4.69) is 36.3 Å². The Balaban J connectivity index is 0. The minimum absolute atomic E-state index is 0. The Morgan fingerprint density at radius 3 is 2.52 bits per heavy atom. The molecule has 21 heavy (non-hydrogen) atoms. The van der Waals surface area contributed by atoms with Crippen molar-refractivity contribution in [3.8, 4) is 0 Å². The Bertz CT molecular complexity index is 301. The number of nitrogens with zero attached hydrogens (tertiary/aromatic N) is 1. The molecule has 4 nitrogen and oxygen atoms in total. The van der Waals surface area contributed by atoms with Gasteiger partial charge in [-0.15, -0.1) is 24.8 Å². The fourth-order valence-electron chi connectivity index (χ4n) is 2.73. The first-order valence-corrected chi connectivity index (χ1v) is 7.54. The van der Waals surface area contributed by atoms with E-state index in [0.717, 1.165) is 32.1 Å². The number of halogens is 2. The lowest BCUT2D eigenvalue weighted by Crippen LogP contribution is -2.55. The summed E-state index contributed by atoms with van der Waals surface area (Å²) in [4.78, 5) is 14.5. The molecule has 0 aromatic carbocycles. The third-order valence-corrected chi connectivity index (χ3v) is 4.17. The summed E-state index contributed by atoms with van der Waals surface area (Å²) in [6.45, 7) is 12.5. The third kappa shape index (κ3) is 7.68. The van der Waals surface area contributed by atoms with Gasteiger partial charge < -0.3 is 10.6 Å². The summed E-state index contributed by atoms with van der Waals surface area (Å²) < 4.78 is 0. The quantitative estimate of drug-likeness (QED) is 0.779. The lowest BCUT2D eigenvalue weighted by Gasteiger charge is -2.43. The SMILES string of the molecule is CNCC(C)C(=O)NCC(C)(C)N1CCCC(C)C1.Cl.Cl. The molecule has 0 bridgehead atoms. The molecule has 1 rings (SSSR count). The molecule has 6 heteroatoms. The molecule has 1 aliphatic heterocycles. The number of amides is 1. The van der Waals surface area contributed by atoms with Crippen molar-refractivity contribution in [2.45, 2.75) is 46.1 Å². The summed E-state index contributed by atoms with van der Waals surface area (Å²) in [5, 5.41) is 6.14. The normalized spacial score (nSPS) is 20.9. The highest BCUT2D eigenvalue weighted by Gasteiger charge is 2.30. The number of hydrogen-bond acceptors (Lipinski definition) is 3. The van der Waals surface area contributed by atoms with Gasteiger partial charge in [0, 0.05) is 31.1 Å². The molecule has 0 spiro atoms. The van der Waals surface area contributed by atoms with E-state index in [1.807, 2.05) is 14.0 Å². The second kappa shape index (κ2) is 10.7. The number of rotatable bonds is 6. The number of nitrogens with one attached hydrogen (secondary N) is 2. The van der Waals surface area contributed by atoms with Gasteiger partial charge in [0.1, 0.15) is 0 Å². The zero-order valence-corrected chi connectivity index (χ0v) is 15.7. The molecule has 1 saturated heterocycles. The molecule has 2 unspecified atom stereocenters. The van der Waals surface area contributed by atoms with Crippen LogP contribution in [0.25, 0.3) is 0 Å². The summed E-state index contributed by atoms with van der Waals surface area (Å²) in [6, 6.07) is 0. The second-order valence-electron chi connectivity index (χ2n) is 6.68. The zero-order chi connectivity index (χ0) is 14.5. The van der Waals surface area contributed by atoms with E-state index in [1.54, 1.807) is 0 Å². The number of carbonyl (C=O) groups excluding carboxylic acids is 1. The molecule has 1 amide bonds. The summed E-state index contributed by atoms with van der Waals surface area (Å²) >= 11 is 0. The Morgan fingerprint density at radius 2 is 2.00 bits per heavy atom. The Morgan fingerprint density at radius 1 is 1.38 bits per heavy atom. The molecule has 0 aromatic heterocycles. The number of piperidine rings is 1. The van der Waals surface area contributed by atoms with Crippen LogP contribution in [0.5, 0.6) is 0 Å². The van der Waals surface area contributed by atoms with E-state index in [-0.39, 0.29) is 42.2 Å². The lowest BCUT2D eigenvalue weighted by atomic mass is 9.93. The van der Waals surface area contributed by atoms with Crippen molar-refractivity contribution in [3.05, 3.63) is 0 Å². The maximum Gasteiger partial charge on any atom is 0.224 e. The van der Waals surface area contributed by atoms with Crippen LogP contribution in [0.1, 0.15) is 40.5 Å². The molecule has 128 valence electrons. The first kappa shape index (κ1) is 23.2. The van der Waals surface area contributed by atoms with Gasteiger partial charge in [0.05, 0.1) is 0 Å². The van der Waals surface area contributed by atoms with Crippen LogP contribution in [0, 0.1) is 11.8 Å². The van der Waals surface area contributed by atoms with Crippen molar-refractivity contribution in [1.82, 2.24) is 15.5 Å². The van der Waals surface area contributed by atoms with E-state index in [4.69, 9.17) is 0 Å². The van der Waals surface area contributed by atoms with E-state index in [1.165, 1.54) is 12.8 Å². The highest BCUT2D eigenvalue weighted by atomic mass is 35.5. The summed E-state index contributed by atoms with van der Waals surface area (Å²) in [6.07, 6.45) is 2.60. The van der Waals surface area contributed by atoms with Gasteiger partial charge in [-0.1, -0.05) is 13.8 Å². The van der Waals surface area contributed by atoms with Crippen LogP contribution in [0.3, 0.4) is 0 Å². The minimum atomic E-state index is 0. The molecule has 1 fully saturated rings. The van der Waals surface area contributed by atoms with E-state index in [9.17, 15) is 4.79 Å². The van der Waals surface area contributed by atoms with Crippen LogP contribution in [-0.2, 0) is 4.79 Å². The largest absolute Gasteiger partial charge is 0.354 e. The zero-order valence-electron chi connectivity index (χ0n) is 14.1. The second-order valence-corrected chi connectivity index (χ2v) is 6.68. The van der Waals surface area contributed by atoms with Crippen LogP contribution >= 0.6 is 24.8 Å². The predicted octanol–water partition coefficient (Wildman–Crippen LogP) is 2.31. The summed E-state index contributed by atoms with van der Waals surface area (Å²) in [5.41, 5.74) is 0.0453. The van der Waals surface area contributed by atoms with Gasteiger partial charge in [0.25, 0.3) is 0 Å². The van der Waals surface area contributed by atoms with Gasteiger partial charge >= 0.3 is 0 Å². The maximum atomic E-state index is 12.0. The van der Waals surface area contributed by atoms with Crippen molar-refractivity contribution in [2.24, 2.45) is 11.8 Å². The van der Waals surface area contributed by atoms with Crippen LogP contribution < -0.4 is 10.6 Å². The fourth-order valence-corrected chi connectivity index (χ4v) is 2.73. The average Bonchev–Trinajstić information content (AvgIpc) is 2.36. The van der Waals surface area contributed by atoms with Crippen LogP contribution in [0.2, 0.25) is 0 Å². The van der Waals surface area contributed by atoms with E-state index >= 15 is 0 Å². The maximum absolute atomic E-state index is 12.0. The summed E-state index contributed by atoms with van der Waals surface area (Å²) in [5.74, 6) is 0.945. The molecule has 1 aliphatic rings. The van der Waals surface area contributed by atoms with E-state index < -0.39 is 0 Å². The minimum Gasteiger partial charge on any atom is -0.354 e. The molecule has 1 heterocycles. The van der Waals surface area contributed by atoms with Crippen molar-refractivity contribution in [1.29, 1.82) is 0 Å². The first-order valence-electron chi connectivity index (χ1n) is 7.54. The van der Waals surface area contributed by atoms with Gasteiger partial charge in [-0.3, -0.25) is 9.69 Å². The Kier molecular flexibility index (Phi) is 11.8. The van der Waals surface area contributed by atoms with Crippen molar-refractivity contribution in [2.75, 3.05) is 33.2 Å². The van der Waals surface area contributed by atoms with Gasteiger partial charge in [-0.2, -0.15) is 0 Å². The highest BCUT2D eigenvalue weighted by molar-refractivity contribution is 5.85. The molecule has 0 saturated carbocycles. The molecule has 0 radical (unpaired) electrons. The van der Waals surface area contributed by atoms with Crippen LogP contribution in [0.4, 0.5) is 0 Å². The Labute approximate surface area is 142 Å².